The lowest BCUT2D eigenvalue weighted by atomic mass is 10.1. The molecule has 0 fully saturated rings. The minimum atomic E-state index is -0.669. The lowest BCUT2D eigenvalue weighted by molar-refractivity contribution is 0.0593. The van der Waals surface area contributed by atoms with Crippen molar-refractivity contribution in [3.63, 3.8) is 0 Å². The predicted molar refractivity (Wildman–Crippen MR) is 75.1 cm³/mol. The zero-order valence-corrected chi connectivity index (χ0v) is 11.7. The second-order valence-electron chi connectivity index (χ2n) is 4.16. The monoisotopic (exact) mass is 294 g/mol. The molecule has 0 amide bonds. The summed E-state index contributed by atoms with van der Waals surface area (Å²) in [5.41, 5.74) is 6.29. The molecular weight excluding hydrogens is 283 g/mol. The first-order chi connectivity index (χ1) is 9.45. The normalized spacial score (nSPS) is 10.4. The Hall–Kier alpha value is -2.14. The molecule has 20 heavy (non-hydrogen) atoms. The summed E-state index contributed by atoms with van der Waals surface area (Å²) in [7, 11) is 1.23. The van der Waals surface area contributed by atoms with Crippen LogP contribution in [0, 0.1) is 12.7 Å². The van der Waals surface area contributed by atoms with Gasteiger partial charge in [-0.25, -0.2) is 14.2 Å². The van der Waals surface area contributed by atoms with Crippen molar-refractivity contribution in [3.8, 4) is 11.3 Å². The molecule has 1 aromatic heterocycles. The summed E-state index contributed by atoms with van der Waals surface area (Å²) in [6.07, 6.45) is 0. The molecule has 104 valence electrons. The fraction of sp³-hybridized carbons (Fsp3) is 0.143. The van der Waals surface area contributed by atoms with E-state index in [4.69, 9.17) is 17.3 Å². The first kappa shape index (κ1) is 14.3. The third-order valence-corrected chi connectivity index (χ3v) is 3.18. The van der Waals surface area contributed by atoms with Crippen molar-refractivity contribution in [2.45, 2.75) is 6.92 Å². The molecule has 0 aliphatic rings. The molecule has 2 rings (SSSR count). The highest BCUT2D eigenvalue weighted by Crippen LogP contribution is 2.29. The molecule has 1 heterocycles. The van der Waals surface area contributed by atoms with Crippen LogP contribution in [0.3, 0.4) is 0 Å². The topological polar surface area (TPSA) is 65.2 Å². The molecule has 2 aromatic rings. The molecule has 0 atom stereocenters. The van der Waals surface area contributed by atoms with E-state index < -0.39 is 11.8 Å². The molecule has 0 saturated heterocycles. The van der Waals surface area contributed by atoms with Crippen LogP contribution in [0.1, 0.15) is 16.1 Å². The molecule has 0 aliphatic heterocycles. The van der Waals surface area contributed by atoms with E-state index in [0.717, 1.165) is 0 Å². The Morgan fingerprint density at radius 2 is 1.95 bits per heavy atom. The van der Waals surface area contributed by atoms with Gasteiger partial charge in [0.15, 0.2) is 11.5 Å². The summed E-state index contributed by atoms with van der Waals surface area (Å²) in [5.74, 6) is -1.33. The Morgan fingerprint density at radius 1 is 1.35 bits per heavy atom. The summed E-state index contributed by atoms with van der Waals surface area (Å²) in [5, 5.41) is 0.516. The number of halogens is 2. The maximum Gasteiger partial charge on any atom is 0.357 e. The van der Waals surface area contributed by atoms with E-state index in [1.807, 2.05) is 0 Å². The third-order valence-electron chi connectivity index (χ3n) is 2.92. The van der Waals surface area contributed by atoms with Gasteiger partial charge in [0.25, 0.3) is 0 Å². The number of nitrogens with two attached hydrogens (primary N) is 1. The maximum atomic E-state index is 14.2. The average molecular weight is 295 g/mol. The number of aromatic nitrogens is 1. The number of benzene rings is 1. The number of carbonyl (C=O) groups excluding carboxylic acids is 1. The van der Waals surface area contributed by atoms with Crippen LogP contribution >= 0.6 is 11.6 Å². The summed E-state index contributed by atoms with van der Waals surface area (Å²) in [6, 6.07) is 6.41. The fourth-order valence-electron chi connectivity index (χ4n) is 1.76. The standard InChI is InChI=1S/C14H12ClFN2O2/c1-7-11(17)10(16)13(18-12(7)14(19)20-2)8-3-5-9(15)6-4-8/h3-6H,1-2H3,(H2,17,18). The van der Waals surface area contributed by atoms with Gasteiger partial charge in [0.05, 0.1) is 12.8 Å². The highest BCUT2D eigenvalue weighted by Gasteiger charge is 2.21. The van der Waals surface area contributed by atoms with Gasteiger partial charge in [-0.1, -0.05) is 23.7 Å². The van der Waals surface area contributed by atoms with Crippen molar-refractivity contribution in [2.75, 3.05) is 12.8 Å². The molecule has 0 saturated carbocycles. The van der Waals surface area contributed by atoms with Gasteiger partial charge in [0, 0.05) is 16.1 Å². The number of nitrogens with zero attached hydrogens (tertiary/aromatic N) is 1. The molecule has 0 bridgehead atoms. The van der Waals surface area contributed by atoms with Crippen molar-refractivity contribution >= 4 is 23.3 Å². The summed E-state index contributed by atoms with van der Waals surface area (Å²) in [4.78, 5) is 15.7. The highest BCUT2D eigenvalue weighted by atomic mass is 35.5. The van der Waals surface area contributed by atoms with Gasteiger partial charge in [0.2, 0.25) is 0 Å². The predicted octanol–water partition coefficient (Wildman–Crippen LogP) is 3.22. The largest absolute Gasteiger partial charge is 0.464 e. The van der Waals surface area contributed by atoms with Gasteiger partial charge in [0.1, 0.15) is 5.69 Å². The number of ether oxygens (including phenoxy) is 1. The Labute approximate surface area is 120 Å². The van der Waals surface area contributed by atoms with E-state index in [1.54, 1.807) is 24.3 Å². The zero-order chi connectivity index (χ0) is 14.9. The van der Waals surface area contributed by atoms with E-state index in [1.165, 1.54) is 14.0 Å². The third kappa shape index (κ3) is 2.44. The van der Waals surface area contributed by atoms with Crippen LogP contribution in [0.15, 0.2) is 24.3 Å². The SMILES string of the molecule is COC(=O)c1nc(-c2ccc(Cl)cc2)c(F)c(N)c1C. The first-order valence-corrected chi connectivity index (χ1v) is 6.13. The second-order valence-corrected chi connectivity index (χ2v) is 4.60. The molecule has 0 radical (unpaired) electrons. The first-order valence-electron chi connectivity index (χ1n) is 5.75. The van der Waals surface area contributed by atoms with Crippen molar-refractivity contribution < 1.29 is 13.9 Å². The number of rotatable bonds is 2. The van der Waals surface area contributed by atoms with Crippen LogP contribution in [0.25, 0.3) is 11.3 Å². The van der Waals surface area contributed by atoms with Gasteiger partial charge in [-0.05, 0) is 19.1 Å². The van der Waals surface area contributed by atoms with Gasteiger partial charge in [-0.15, -0.1) is 0 Å². The van der Waals surface area contributed by atoms with Crippen molar-refractivity contribution in [2.24, 2.45) is 0 Å². The van der Waals surface area contributed by atoms with Crippen LogP contribution in [-0.4, -0.2) is 18.1 Å². The van der Waals surface area contributed by atoms with E-state index in [2.05, 4.69) is 9.72 Å². The fourth-order valence-corrected chi connectivity index (χ4v) is 1.88. The lowest BCUT2D eigenvalue weighted by Gasteiger charge is -2.11. The summed E-state index contributed by atoms with van der Waals surface area (Å²) < 4.78 is 18.8. The Kier molecular flexibility index (Phi) is 3.90. The van der Waals surface area contributed by atoms with Gasteiger partial charge < -0.3 is 10.5 Å². The van der Waals surface area contributed by atoms with Gasteiger partial charge in [-0.3, -0.25) is 0 Å². The zero-order valence-electron chi connectivity index (χ0n) is 10.9. The molecule has 1 aromatic carbocycles. The number of esters is 1. The Balaban J connectivity index is 2.67. The highest BCUT2D eigenvalue weighted by molar-refractivity contribution is 6.30. The van der Waals surface area contributed by atoms with E-state index >= 15 is 0 Å². The quantitative estimate of drug-likeness (QED) is 0.864. The lowest BCUT2D eigenvalue weighted by Crippen LogP contribution is -2.12. The number of carbonyl (C=O) groups is 1. The smallest absolute Gasteiger partial charge is 0.357 e. The number of pyridine rings is 1. The van der Waals surface area contributed by atoms with Gasteiger partial charge >= 0.3 is 5.97 Å². The number of hydrogen-bond donors (Lipinski definition) is 1. The van der Waals surface area contributed by atoms with Crippen molar-refractivity contribution in [3.05, 3.63) is 46.4 Å². The number of hydrogen-bond acceptors (Lipinski definition) is 4. The van der Waals surface area contributed by atoms with E-state index in [0.29, 0.717) is 10.6 Å². The summed E-state index contributed by atoms with van der Waals surface area (Å²) in [6.45, 7) is 1.52. The minimum Gasteiger partial charge on any atom is -0.464 e. The summed E-state index contributed by atoms with van der Waals surface area (Å²) >= 11 is 5.79. The molecule has 0 unspecified atom stereocenters. The number of anilines is 1. The molecule has 2 N–H and O–H groups in total. The van der Waals surface area contributed by atoms with Crippen molar-refractivity contribution in [1.29, 1.82) is 0 Å². The molecular formula is C14H12ClFN2O2. The van der Waals surface area contributed by atoms with Crippen LogP contribution in [-0.2, 0) is 4.74 Å². The molecule has 4 nitrogen and oxygen atoms in total. The minimum absolute atomic E-state index is 0.00338. The number of methoxy groups -OCH3 is 1. The molecule has 6 heteroatoms. The van der Waals surface area contributed by atoms with E-state index in [9.17, 15) is 9.18 Å². The maximum absolute atomic E-state index is 14.2. The van der Waals surface area contributed by atoms with Crippen molar-refractivity contribution in [1.82, 2.24) is 4.98 Å². The van der Waals surface area contributed by atoms with Crippen LogP contribution in [0.4, 0.5) is 10.1 Å². The van der Waals surface area contributed by atoms with Crippen LogP contribution in [0.2, 0.25) is 5.02 Å². The molecule has 0 aliphatic carbocycles. The van der Waals surface area contributed by atoms with Gasteiger partial charge in [-0.2, -0.15) is 0 Å². The van der Waals surface area contributed by atoms with Crippen LogP contribution in [0.5, 0.6) is 0 Å². The Bertz CT molecular complexity index is 672. The van der Waals surface area contributed by atoms with Crippen LogP contribution < -0.4 is 5.73 Å². The average Bonchev–Trinajstić information content (AvgIpc) is 2.45. The second kappa shape index (κ2) is 5.46. The number of nitrogen functional groups attached to an aromatic ring is 1. The van der Waals surface area contributed by atoms with E-state index in [-0.39, 0.29) is 22.6 Å². The molecule has 0 spiro atoms. The Morgan fingerprint density at radius 3 is 2.50 bits per heavy atom.